The molecule has 10 aliphatic rings. The molecule has 0 N–H and O–H groups in total. The molecule has 8 aromatic rings. The molecule has 0 aliphatic heterocycles. The normalized spacial score (nSPS) is 29.9. The molecule has 0 radical (unpaired) electrons. The molecule has 0 heterocycles. The van der Waals surface area contributed by atoms with Crippen LogP contribution < -0.4 is 4.90 Å². The van der Waals surface area contributed by atoms with Gasteiger partial charge in [0.05, 0.1) is 0 Å². The summed E-state index contributed by atoms with van der Waals surface area (Å²) < 4.78 is 0. The Bertz CT molecular complexity index is 3320. The van der Waals surface area contributed by atoms with E-state index < -0.39 is 0 Å². The van der Waals surface area contributed by atoms with E-state index in [0.717, 1.165) is 47.3 Å². The first-order chi connectivity index (χ1) is 34.1. The zero-order valence-electron chi connectivity index (χ0n) is 39.5. The van der Waals surface area contributed by atoms with E-state index in [-0.39, 0.29) is 10.8 Å². The van der Waals surface area contributed by atoms with Crippen molar-refractivity contribution in [2.24, 2.45) is 47.3 Å². The first-order valence-corrected chi connectivity index (χ1v) is 26.7. The van der Waals surface area contributed by atoms with Gasteiger partial charge in [0.1, 0.15) is 0 Å². The van der Waals surface area contributed by atoms with Gasteiger partial charge in [-0.1, -0.05) is 140 Å². The molecule has 336 valence electrons. The van der Waals surface area contributed by atoms with E-state index in [0.29, 0.717) is 0 Å². The highest BCUT2D eigenvalue weighted by molar-refractivity contribution is 5.89. The minimum Gasteiger partial charge on any atom is -0.310 e. The molecule has 8 fully saturated rings. The summed E-state index contributed by atoms with van der Waals surface area (Å²) in [6.07, 6.45) is 14.2. The molecule has 69 heavy (non-hydrogen) atoms. The van der Waals surface area contributed by atoms with Crippen LogP contribution in [0.3, 0.4) is 0 Å². The number of nitrogens with zero attached hydrogens (tertiary/aromatic N) is 1. The van der Waals surface area contributed by atoms with E-state index in [1.807, 2.05) is 0 Å². The van der Waals surface area contributed by atoms with Gasteiger partial charge in [0.25, 0.3) is 0 Å². The summed E-state index contributed by atoms with van der Waals surface area (Å²) >= 11 is 0. The van der Waals surface area contributed by atoms with E-state index in [2.05, 4.69) is 193 Å². The number of rotatable bonds is 6. The first kappa shape index (κ1) is 39.4. The minimum absolute atomic E-state index is 0.157. The zero-order valence-corrected chi connectivity index (χ0v) is 39.5. The maximum atomic E-state index is 2.65. The number of fused-ring (bicyclic) bond motifs is 6. The number of anilines is 3. The predicted molar refractivity (Wildman–Crippen MR) is 284 cm³/mol. The maximum Gasteiger partial charge on any atom is 0.0468 e. The highest BCUT2D eigenvalue weighted by Crippen LogP contribution is 2.71. The van der Waals surface area contributed by atoms with Crippen molar-refractivity contribution in [3.8, 4) is 55.6 Å². The van der Waals surface area contributed by atoms with Crippen molar-refractivity contribution in [3.05, 3.63) is 210 Å². The SMILES string of the molecule is c1ccc(-c2ccc(N(c3cccc(-c4cccc(-c5ccc6c(c5)[C@]5(c7ccccc7-6)[C@H]6CC7C[C@H](C6)C[C@H]5C7)c4)c3)c3ccc4c(c3)-c3ccccc3[C@]43[C@@H]4CC5C[C@@H](C4)C[C@@H]3C5)cc2)cc1. The van der Waals surface area contributed by atoms with Gasteiger partial charge in [-0.25, -0.2) is 0 Å². The van der Waals surface area contributed by atoms with Gasteiger partial charge in [-0.05, 0) is 238 Å². The summed E-state index contributed by atoms with van der Waals surface area (Å²) in [4.78, 5) is 2.52. The Morgan fingerprint density at radius 2 is 0.681 bits per heavy atom. The van der Waals surface area contributed by atoms with Crippen molar-refractivity contribution in [1.29, 1.82) is 0 Å². The Labute approximate surface area is 408 Å². The fourth-order valence-electron chi connectivity index (χ4n) is 18.2. The fourth-order valence-corrected chi connectivity index (χ4v) is 18.2. The summed E-state index contributed by atoms with van der Waals surface area (Å²) in [5.41, 5.74) is 23.9. The molecule has 8 saturated carbocycles. The van der Waals surface area contributed by atoms with Crippen LogP contribution in [0.15, 0.2) is 188 Å². The van der Waals surface area contributed by atoms with Gasteiger partial charge in [-0.3, -0.25) is 0 Å². The van der Waals surface area contributed by atoms with E-state index >= 15 is 0 Å². The Hall–Kier alpha value is -6.44. The van der Waals surface area contributed by atoms with Gasteiger partial charge in [0.15, 0.2) is 0 Å². The summed E-state index contributed by atoms with van der Waals surface area (Å²) in [6, 6.07) is 73.1. The highest BCUT2D eigenvalue weighted by Gasteiger charge is 2.63. The molecule has 18 rings (SSSR count). The minimum atomic E-state index is 0.157. The van der Waals surface area contributed by atoms with Crippen LogP contribution in [0.1, 0.15) is 86.5 Å². The van der Waals surface area contributed by atoms with E-state index in [9.17, 15) is 0 Å². The van der Waals surface area contributed by atoms with Gasteiger partial charge in [-0.2, -0.15) is 0 Å². The lowest BCUT2D eigenvalue weighted by Crippen LogP contribution is -2.55. The largest absolute Gasteiger partial charge is 0.310 e. The average molecular weight is 890 g/mol. The van der Waals surface area contributed by atoms with E-state index in [1.54, 1.807) is 22.3 Å². The van der Waals surface area contributed by atoms with Crippen LogP contribution in [-0.4, -0.2) is 0 Å². The number of benzene rings is 8. The second-order valence-electron chi connectivity index (χ2n) is 23.3. The predicted octanol–water partition coefficient (Wildman–Crippen LogP) is 17.6. The van der Waals surface area contributed by atoms with Crippen LogP contribution in [0.5, 0.6) is 0 Å². The molecule has 2 spiro atoms. The topological polar surface area (TPSA) is 3.24 Å². The van der Waals surface area contributed by atoms with Crippen LogP contribution in [0.25, 0.3) is 55.6 Å². The lowest BCUT2D eigenvalue weighted by molar-refractivity contribution is -0.0399. The van der Waals surface area contributed by atoms with E-state index in [4.69, 9.17) is 0 Å². The van der Waals surface area contributed by atoms with E-state index in [1.165, 1.54) is 137 Å². The third-order valence-corrected chi connectivity index (χ3v) is 20.2. The number of hydrogen-bond acceptors (Lipinski definition) is 1. The van der Waals surface area contributed by atoms with Gasteiger partial charge in [-0.15, -0.1) is 0 Å². The van der Waals surface area contributed by atoms with Crippen molar-refractivity contribution in [1.82, 2.24) is 0 Å². The third-order valence-electron chi connectivity index (χ3n) is 20.2. The lowest BCUT2D eigenvalue weighted by atomic mass is 9.43. The first-order valence-electron chi connectivity index (χ1n) is 26.7. The Kier molecular flexibility index (Phi) is 8.31. The molecule has 8 bridgehead atoms. The standard InChI is InChI=1S/C68H59N/c1-2-10-46(11-3-1)47-20-23-56(24-21-47)69(58-25-27-65-62(41-58)60-17-5-7-19-64(60)67(65)52-30-42-28-43(32-52)33-53(67)31-42)57-15-9-14-50(39-57)48-12-8-13-49(38-48)51-22-26-61-59-16-4-6-18-63(59)68(66(61)40-51)54-34-44-29-45(36-54)37-55(68)35-44/h1-27,38-45,52-55H,28-37H2/t42-,43?,44-,45?,52-,53+,54-,55+,67+,68-. The van der Waals surface area contributed by atoms with Crippen molar-refractivity contribution in [3.63, 3.8) is 0 Å². The molecule has 0 aromatic heterocycles. The zero-order chi connectivity index (χ0) is 45.0. The molecule has 8 aromatic carbocycles. The Balaban J connectivity index is 0.802. The summed E-state index contributed by atoms with van der Waals surface area (Å²) in [5.74, 6) is 6.77. The maximum absolute atomic E-state index is 2.65. The molecule has 0 amide bonds. The quantitative estimate of drug-likeness (QED) is 0.161. The fraction of sp³-hybridized carbons (Fsp3) is 0.294. The number of hydrogen-bond donors (Lipinski definition) is 0. The van der Waals surface area contributed by atoms with Crippen molar-refractivity contribution >= 4 is 17.1 Å². The molecule has 10 aliphatic carbocycles. The molecule has 1 nitrogen and oxygen atoms in total. The second kappa shape index (κ2) is 14.6. The van der Waals surface area contributed by atoms with Crippen molar-refractivity contribution < 1.29 is 0 Å². The lowest BCUT2D eigenvalue weighted by Gasteiger charge is -2.61. The Morgan fingerprint density at radius 3 is 1.30 bits per heavy atom. The van der Waals surface area contributed by atoms with Crippen LogP contribution in [0, 0.1) is 47.3 Å². The average Bonchev–Trinajstić information content (AvgIpc) is 3.85. The smallest absolute Gasteiger partial charge is 0.0468 e. The second-order valence-corrected chi connectivity index (χ2v) is 23.3. The van der Waals surface area contributed by atoms with Crippen LogP contribution in [0.2, 0.25) is 0 Å². The summed E-state index contributed by atoms with van der Waals surface area (Å²) in [7, 11) is 0. The van der Waals surface area contributed by atoms with Gasteiger partial charge in [0.2, 0.25) is 0 Å². The van der Waals surface area contributed by atoms with Gasteiger partial charge >= 0.3 is 0 Å². The van der Waals surface area contributed by atoms with Crippen molar-refractivity contribution in [2.45, 2.75) is 75.0 Å². The molecule has 1 heteroatoms. The molecule has 0 unspecified atom stereocenters. The monoisotopic (exact) mass is 889 g/mol. The van der Waals surface area contributed by atoms with Crippen LogP contribution in [0.4, 0.5) is 17.1 Å². The van der Waals surface area contributed by atoms with Gasteiger partial charge in [0, 0.05) is 27.9 Å². The highest BCUT2D eigenvalue weighted by atomic mass is 15.1. The van der Waals surface area contributed by atoms with Crippen LogP contribution in [-0.2, 0) is 10.8 Å². The van der Waals surface area contributed by atoms with Gasteiger partial charge < -0.3 is 4.90 Å². The van der Waals surface area contributed by atoms with Crippen LogP contribution >= 0.6 is 0 Å². The Morgan fingerprint density at radius 1 is 0.261 bits per heavy atom. The summed E-state index contributed by atoms with van der Waals surface area (Å²) in [6.45, 7) is 0. The molecule has 0 saturated heterocycles. The summed E-state index contributed by atoms with van der Waals surface area (Å²) in [5, 5.41) is 0. The molecular weight excluding hydrogens is 831 g/mol. The van der Waals surface area contributed by atoms with Crippen molar-refractivity contribution in [2.75, 3.05) is 4.90 Å². The third kappa shape index (κ3) is 5.48. The molecular formula is C68H59N. The molecule has 0 atom stereocenters.